The first-order chi connectivity index (χ1) is 9.56. The molecule has 8 heteroatoms. The van der Waals surface area contributed by atoms with Gasteiger partial charge in [-0.25, -0.2) is 9.97 Å². The maximum Gasteiger partial charge on any atom is 0.266 e. The number of hydrogen-bond donors (Lipinski definition) is 0. The topological polar surface area (TPSA) is 25.8 Å². The van der Waals surface area contributed by atoms with Crippen LogP contribution in [0.2, 0.25) is 8.67 Å². The zero-order chi connectivity index (χ0) is 14.5. The van der Waals surface area contributed by atoms with Gasteiger partial charge in [-0.15, -0.1) is 11.3 Å². The third-order valence-corrected chi connectivity index (χ3v) is 4.60. The number of allylic oxidation sites excluding steroid dienone is 1. The van der Waals surface area contributed by atoms with Crippen molar-refractivity contribution in [3.8, 4) is 11.3 Å². The van der Waals surface area contributed by atoms with Crippen molar-refractivity contribution in [3.05, 3.63) is 39.2 Å². The van der Waals surface area contributed by atoms with Gasteiger partial charge >= 0.3 is 0 Å². The standard InChI is InChI=1S/C12H8Cl2F2N2S2/c13-9-6-7(11(14)20-9)8-3-4-17-12(18-8)19-5-1-2-10(15)16/h2-4,6H,1,5H2. The highest BCUT2D eigenvalue weighted by Gasteiger charge is 2.10. The van der Waals surface area contributed by atoms with E-state index in [2.05, 4.69) is 9.97 Å². The van der Waals surface area contributed by atoms with E-state index in [1.807, 2.05) is 0 Å². The predicted molar refractivity (Wildman–Crippen MR) is 81.0 cm³/mol. The number of hydrogen-bond acceptors (Lipinski definition) is 4. The number of halogens is 4. The van der Waals surface area contributed by atoms with Crippen LogP contribution in [-0.4, -0.2) is 15.7 Å². The van der Waals surface area contributed by atoms with Crippen LogP contribution in [0.3, 0.4) is 0 Å². The summed E-state index contributed by atoms with van der Waals surface area (Å²) in [5.41, 5.74) is 1.42. The molecular weight excluding hydrogens is 345 g/mol. The van der Waals surface area contributed by atoms with Gasteiger partial charge < -0.3 is 0 Å². The summed E-state index contributed by atoms with van der Waals surface area (Å²) in [4.78, 5) is 8.43. The minimum atomic E-state index is -1.67. The van der Waals surface area contributed by atoms with Crippen LogP contribution < -0.4 is 0 Å². The summed E-state index contributed by atoms with van der Waals surface area (Å²) in [6, 6.07) is 3.47. The molecule has 0 saturated heterocycles. The lowest BCUT2D eigenvalue weighted by molar-refractivity contribution is 0.418. The molecule has 2 nitrogen and oxygen atoms in total. The molecule has 0 spiro atoms. The van der Waals surface area contributed by atoms with Gasteiger partial charge in [-0.2, -0.15) is 8.78 Å². The molecular formula is C12H8Cl2F2N2S2. The molecule has 0 unspecified atom stereocenters. The van der Waals surface area contributed by atoms with Crippen LogP contribution in [-0.2, 0) is 0 Å². The zero-order valence-electron chi connectivity index (χ0n) is 9.95. The van der Waals surface area contributed by atoms with Crippen LogP contribution >= 0.6 is 46.3 Å². The fourth-order valence-corrected chi connectivity index (χ4v) is 3.59. The molecule has 0 aromatic carbocycles. The van der Waals surface area contributed by atoms with Crippen LogP contribution in [0.15, 0.2) is 35.6 Å². The van der Waals surface area contributed by atoms with Crippen molar-refractivity contribution >= 4 is 46.3 Å². The van der Waals surface area contributed by atoms with E-state index < -0.39 is 6.08 Å². The van der Waals surface area contributed by atoms with Crippen molar-refractivity contribution < 1.29 is 8.78 Å². The molecule has 0 fully saturated rings. The van der Waals surface area contributed by atoms with Crippen molar-refractivity contribution in [1.29, 1.82) is 0 Å². The molecule has 0 atom stereocenters. The number of thiophene rings is 1. The monoisotopic (exact) mass is 352 g/mol. The highest BCUT2D eigenvalue weighted by atomic mass is 35.5. The molecule has 2 rings (SSSR count). The Morgan fingerprint density at radius 2 is 2.20 bits per heavy atom. The molecule has 0 aliphatic carbocycles. The maximum atomic E-state index is 11.9. The van der Waals surface area contributed by atoms with E-state index in [1.54, 1.807) is 18.3 Å². The Balaban J connectivity index is 2.08. The number of thioether (sulfide) groups is 1. The Bertz CT molecular complexity index is 628. The smallest absolute Gasteiger partial charge is 0.231 e. The average Bonchev–Trinajstić information content (AvgIpc) is 2.74. The minimum Gasteiger partial charge on any atom is -0.231 e. The Morgan fingerprint density at radius 3 is 2.85 bits per heavy atom. The van der Waals surface area contributed by atoms with E-state index in [0.717, 1.165) is 11.6 Å². The molecule has 0 bridgehead atoms. The second-order valence-electron chi connectivity index (χ2n) is 3.59. The summed E-state index contributed by atoms with van der Waals surface area (Å²) >= 11 is 14.5. The quantitative estimate of drug-likeness (QED) is 0.387. The van der Waals surface area contributed by atoms with Gasteiger partial charge in [-0.05, 0) is 24.6 Å². The highest BCUT2D eigenvalue weighted by Crippen LogP contribution is 2.37. The van der Waals surface area contributed by atoms with E-state index in [-0.39, 0.29) is 6.42 Å². The lowest BCUT2D eigenvalue weighted by Gasteiger charge is -2.01. The van der Waals surface area contributed by atoms with E-state index >= 15 is 0 Å². The van der Waals surface area contributed by atoms with Gasteiger partial charge in [0.2, 0.25) is 0 Å². The molecule has 2 aromatic rings. The van der Waals surface area contributed by atoms with Gasteiger partial charge in [0, 0.05) is 17.5 Å². The molecule has 0 radical (unpaired) electrons. The summed E-state index contributed by atoms with van der Waals surface area (Å²) in [5, 5.41) is 0.522. The first-order valence-electron chi connectivity index (χ1n) is 5.48. The SMILES string of the molecule is FC(F)=CCCSc1nccc(-c2cc(Cl)sc2Cl)n1. The lowest BCUT2D eigenvalue weighted by Crippen LogP contribution is -1.90. The van der Waals surface area contributed by atoms with Gasteiger partial charge in [-0.3, -0.25) is 0 Å². The summed E-state index contributed by atoms with van der Waals surface area (Å²) in [6.45, 7) is 0. The minimum absolute atomic E-state index is 0.269. The van der Waals surface area contributed by atoms with E-state index in [9.17, 15) is 8.78 Å². The van der Waals surface area contributed by atoms with Crippen molar-refractivity contribution in [2.45, 2.75) is 11.6 Å². The van der Waals surface area contributed by atoms with E-state index in [4.69, 9.17) is 23.2 Å². The molecule has 106 valence electrons. The van der Waals surface area contributed by atoms with Gasteiger partial charge in [-0.1, -0.05) is 35.0 Å². The highest BCUT2D eigenvalue weighted by molar-refractivity contribution is 7.99. The molecule has 0 N–H and O–H groups in total. The Hall–Kier alpha value is -0.690. The van der Waals surface area contributed by atoms with Crippen molar-refractivity contribution in [2.75, 3.05) is 5.75 Å². The molecule has 2 aromatic heterocycles. The van der Waals surface area contributed by atoms with E-state index in [1.165, 1.54) is 23.1 Å². The summed E-state index contributed by atoms with van der Waals surface area (Å²) < 4.78 is 24.9. The van der Waals surface area contributed by atoms with Gasteiger partial charge in [0.15, 0.2) is 5.16 Å². The van der Waals surface area contributed by atoms with Crippen LogP contribution in [0.1, 0.15) is 6.42 Å². The Labute approximate surface area is 132 Å². The normalized spacial score (nSPS) is 10.6. The summed E-state index contributed by atoms with van der Waals surface area (Å²) in [6.07, 6.45) is 1.09. The van der Waals surface area contributed by atoms with Crippen molar-refractivity contribution in [3.63, 3.8) is 0 Å². The molecule has 20 heavy (non-hydrogen) atoms. The number of aromatic nitrogens is 2. The van der Waals surface area contributed by atoms with Crippen molar-refractivity contribution in [2.24, 2.45) is 0 Å². The largest absolute Gasteiger partial charge is 0.266 e. The van der Waals surface area contributed by atoms with Crippen LogP contribution in [0.4, 0.5) is 8.78 Å². The first-order valence-corrected chi connectivity index (χ1v) is 8.04. The first kappa shape index (κ1) is 15.7. The number of nitrogens with zero attached hydrogens (tertiary/aromatic N) is 2. The zero-order valence-corrected chi connectivity index (χ0v) is 13.1. The predicted octanol–water partition coefficient (Wildman–Crippen LogP) is 5.77. The Kier molecular flexibility index (Phi) is 5.77. The average molecular weight is 353 g/mol. The molecule has 0 amide bonds. The van der Waals surface area contributed by atoms with Gasteiger partial charge in [0.1, 0.15) is 4.34 Å². The third kappa shape index (κ3) is 4.41. The van der Waals surface area contributed by atoms with Crippen molar-refractivity contribution in [1.82, 2.24) is 9.97 Å². The fourth-order valence-electron chi connectivity index (χ4n) is 1.39. The van der Waals surface area contributed by atoms with E-state index in [0.29, 0.717) is 25.3 Å². The molecule has 0 aliphatic heterocycles. The second kappa shape index (κ2) is 7.36. The third-order valence-electron chi connectivity index (χ3n) is 2.21. The fraction of sp³-hybridized carbons (Fsp3) is 0.167. The summed E-state index contributed by atoms with van der Waals surface area (Å²) in [7, 11) is 0. The van der Waals surface area contributed by atoms with Crippen LogP contribution in [0, 0.1) is 0 Å². The van der Waals surface area contributed by atoms with Gasteiger partial charge in [0.05, 0.1) is 10.0 Å². The maximum absolute atomic E-state index is 11.9. The van der Waals surface area contributed by atoms with Crippen LogP contribution in [0.25, 0.3) is 11.3 Å². The van der Waals surface area contributed by atoms with Crippen LogP contribution in [0.5, 0.6) is 0 Å². The number of rotatable bonds is 5. The molecule has 0 aliphatic rings. The molecule has 0 saturated carbocycles. The summed E-state index contributed by atoms with van der Waals surface area (Å²) in [5.74, 6) is 0.485. The van der Waals surface area contributed by atoms with Gasteiger partial charge in [0.25, 0.3) is 6.08 Å². The Morgan fingerprint density at radius 1 is 1.40 bits per heavy atom. The lowest BCUT2D eigenvalue weighted by atomic mass is 10.2. The molecule has 2 heterocycles. The second-order valence-corrected chi connectivity index (χ2v) is 6.94.